The second-order valence-corrected chi connectivity index (χ2v) is 9.07. The van der Waals surface area contributed by atoms with Crippen molar-refractivity contribution in [2.45, 2.75) is 39.7 Å². The van der Waals surface area contributed by atoms with Crippen LogP contribution in [0.2, 0.25) is 0 Å². The van der Waals surface area contributed by atoms with Crippen molar-refractivity contribution < 1.29 is 28.5 Å². The summed E-state index contributed by atoms with van der Waals surface area (Å²) in [7, 11) is 1.46. The SMILES string of the molecule is COc1cc2c(cc1CCc1ccc(F)cc1F)c(=O)c(C(=O)O)cn2[C@H](CO)C(C)(C)C. The van der Waals surface area contributed by atoms with Crippen LogP contribution in [0.15, 0.2) is 41.3 Å². The van der Waals surface area contributed by atoms with E-state index >= 15 is 0 Å². The molecule has 0 aliphatic rings. The number of fused-ring (bicyclic) bond motifs is 1. The lowest BCUT2D eigenvalue weighted by Crippen LogP contribution is -2.30. The van der Waals surface area contributed by atoms with Gasteiger partial charge in [-0.3, -0.25) is 4.79 Å². The molecule has 1 heterocycles. The Hall–Kier alpha value is -3.26. The van der Waals surface area contributed by atoms with E-state index in [1.807, 2.05) is 20.8 Å². The summed E-state index contributed by atoms with van der Waals surface area (Å²) < 4.78 is 34.4. The van der Waals surface area contributed by atoms with Crippen LogP contribution in [0.4, 0.5) is 8.78 Å². The van der Waals surface area contributed by atoms with Crippen LogP contribution in [0, 0.1) is 17.0 Å². The van der Waals surface area contributed by atoms with Gasteiger partial charge < -0.3 is 19.5 Å². The molecule has 0 fully saturated rings. The minimum absolute atomic E-state index is 0.160. The second kappa shape index (κ2) is 9.31. The first-order chi connectivity index (χ1) is 15.5. The van der Waals surface area contributed by atoms with Gasteiger partial charge in [0.1, 0.15) is 22.9 Å². The van der Waals surface area contributed by atoms with Crippen molar-refractivity contribution >= 4 is 16.9 Å². The fraction of sp³-hybridized carbons (Fsp3) is 0.360. The molecule has 0 radical (unpaired) electrons. The molecule has 1 atom stereocenters. The maximum atomic E-state index is 14.1. The Labute approximate surface area is 190 Å². The van der Waals surface area contributed by atoms with Gasteiger partial charge in [-0.25, -0.2) is 13.6 Å². The zero-order valence-corrected chi connectivity index (χ0v) is 19.0. The van der Waals surface area contributed by atoms with Gasteiger partial charge in [0.15, 0.2) is 0 Å². The highest BCUT2D eigenvalue weighted by Gasteiger charge is 2.28. The molecular weight excluding hydrogens is 432 g/mol. The predicted octanol–water partition coefficient (Wildman–Crippen LogP) is 4.35. The first kappa shape index (κ1) is 24.4. The third kappa shape index (κ3) is 4.90. The van der Waals surface area contributed by atoms with Gasteiger partial charge in [-0.1, -0.05) is 26.8 Å². The summed E-state index contributed by atoms with van der Waals surface area (Å²) in [5.41, 5.74) is -0.201. The van der Waals surface area contributed by atoms with Crippen molar-refractivity contribution in [1.82, 2.24) is 4.57 Å². The van der Waals surface area contributed by atoms with Crippen molar-refractivity contribution in [3.63, 3.8) is 0 Å². The summed E-state index contributed by atoms with van der Waals surface area (Å²) in [6.45, 7) is 5.44. The highest BCUT2D eigenvalue weighted by Crippen LogP contribution is 2.34. The quantitative estimate of drug-likeness (QED) is 0.548. The molecule has 0 saturated heterocycles. The molecule has 0 aliphatic carbocycles. The van der Waals surface area contributed by atoms with Gasteiger partial charge in [-0.15, -0.1) is 0 Å². The molecule has 33 heavy (non-hydrogen) atoms. The van der Waals surface area contributed by atoms with Crippen LogP contribution in [0.3, 0.4) is 0 Å². The lowest BCUT2D eigenvalue weighted by Gasteiger charge is -2.33. The molecule has 6 nitrogen and oxygen atoms in total. The van der Waals surface area contributed by atoms with Gasteiger partial charge >= 0.3 is 5.97 Å². The number of aliphatic hydroxyl groups excluding tert-OH is 1. The number of pyridine rings is 1. The van der Waals surface area contributed by atoms with Crippen LogP contribution in [0.1, 0.15) is 48.3 Å². The number of rotatable bonds is 7. The largest absolute Gasteiger partial charge is 0.496 e. The Kier molecular flexibility index (Phi) is 6.88. The van der Waals surface area contributed by atoms with E-state index in [2.05, 4.69) is 0 Å². The number of aromatic carboxylic acids is 1. The number of nitrogens with zero attached hydrogens (tertiary/aromatic N) is 1. The molecule has 0 unspecified atom stereocenters. The third-order valence-electron chi connectivity index (χ3n) is 5.85. The Balaban J connectivity index is 2.20. The Bertz CT molecular complexity index is 1260. The molecule has 3 aromatic rings. The zero-order chi connectivity index (χ0) is 24.5. The fourth-order valence-corrected chi connectivity index (χ4v) is 3.99. The first-order valence-corrected chi connectivity index (χ1v) is 10.5. The van der Waals surface area contributed by atoms with Gasteiger partial charge in [0.05, 0.1) is 25.3 Å². The van der Waals surface area contributed by atoms with Crippen LogP contribution < -0.4 is 10.2 Å². The molecule has 0 saturated carbocycles. The molecule has 3 rings (SSSR count). The minimum Gasteiger partial charge on any atom is -0.496 e. The number of hydrogen-bond donors (Lipinski definition) is 2. The van der Waals surface area contributed by atoms with Crippen molar-refractivity contribution in [3.05, 3.63) is 75.1 Å². The number of aromatic nitrogens is 1. The Morgan fingerprint density at radius 1 is 1.12 bits per heavy atom. The van der Waals surface area contributed by atoms with Gasteiger partial charge in [0, 0.05) is 23.7 Å². The van der Waals surface area contributed by atoms with Gasteiger partial charge in [-0.2, -0.15) is 0 Å². The standard InChI is InChI=1S/C25H27F2NO5/c1-25(2,3)22(13-29)28-12-18(24(31)32)23(30)17-9-15(21(33-4)11-20(17)28)6-5-14-7-8-16(26)10-19(14)27/h7-12,22,29H,5-6,13H2,1-4H3,(H,31,32)/t22-/m1/s1. The van der Waals surface area contributed by atoms with Crippen LogP contribution in [-0.2, 0) is 12.8 Å². The summed E-state index contributed by atoms with van der Waals surface area (Å²) in [5, 5.41) is 19.8. The van der Waals surface area contributed by atoms with Gasteiger partial charge in [-0.05, 0) is 41.5 Å². The number of carboxylic acid groups (broad SMARTS) is 1. The number of aliphatic hydroxyl groups is 1. The van der Waals surface area contributed by atoms with Gasteiger partial charge in [0.25, 0.3) is 0 Å². The summed E-state index contributed by atoms with van der Waals surface area (Å²) in [6.07, 6.45) is 1.76. The smallest absolute Gasteiger partial charge is 0.341 e. The predicted molar refractivity (Wildman–Crippen MR) is 121 cm³/mol. The fourth-order valence-electron chi connectivity index (χ4n) is 3.99. The summed E-state index contributed by atoms with van der Waals surface area (Å²) in [6, 6.07) is 6.03. The molecule has 0 bridgehead atoms. The normalized spacial score (nSPS) is 12.7. The Morgan fingerprint density at radius 3 is 2.33 bits per heavy atom. The number of hydrogen-bond acceptors (Lipinski definition) is 4. The number of ether oxygens (including phenoxy) is 1. The number of methoxy groups -OCH3 is 1. The first-order valence-electron chi connectivity index (χ1n) is 10.5. The maximum Gasteiger partial charge on any atom is 0.341 e. The van der Waals surface area contributed by atoms with Crippen LogP contribution in [-0.4, -0.2) is 34.5 Å². The number of carboxylic acids is 1. The molecular formula is C25H27F2NO5. The van der Waals surface area contributed by atoms with Crippen molar-refractivity contribution in [2.24, 2.45) is 5.41 Å². The van der Waals surface area contributed by atoms with Crippen molar-refractivity contribution in [1.29, 1.82) is 0 Å². The lowest BCUT2D eigenvalue weighted by molar-refractivity contribution is 0.0692. The zero-order valence-electron chi connectivity index (χ0n) is 19.0. The molecule has 0 amide bonds. The maximum absolute atomic E-state index is 14.1. The average molecular weight is 459 g/mol. The second-order valence-electron chi connectivity index (χ2n) is 9.07. The van der Waals surface area contributed by atoms with E-state index < -0.39 is 40.1 Å². The molecule has 8 heteroatoms. The summed E-state index contributed by atoms with van der Waals surface area (Å²) in [4.78, 5) is 24.8. The lowest BCUT2D eigenvalue weighted by atomic mass is 9.86. The third-order valence-corrected chi connectivity index (χ3v) is 5.85. The van der Waals surface area contributed by atoms with Gasteiger partial charge in [0.2, 0.25) is 5.43 Å². The molecule has 2 N–H and O–H groups in total. The van der Waals surface area contributed by atoms with E-state index in [0.29, 0.717) is 22.4 Å². The summed E-state index contributed by atoms with van der Waals surface area (Å²) in [5.74, 6) is -2.27. The molecule has 0 aliphatic heterocycles. The van der Waals surface area contributed by atoms with Crippen molar-refractivity contribution in [2.75, 3.05) is 13.7 Å². The van der Waals surface area contributed by atoms with Crippen molar-refractivity contribution in [3.8, 4) is 5.75 Å². The highest BCUT2D eigenvalue weighted by atomic mass is 19.1. The van der Waals surface area contributed by atoms with E-state index in [9.17, 15) is 28.6 Å². The monoisotopic (exact) mass is 459 g/mol. The van der Waals surface area contributed by atoms with Crippen LogP contribution >= 0.6 is 0 Å². The number of halogens is 2. The van der Waals surface area contributed by atoms with E-state index in [4.69, 9.17) is 4.74 Å². The number of aryl methyl sites for hydroxylation is 2. The van der Waals surface area contributed by atoms with E-state index in [1.165, 1.54) is 25.4 Å². The average Bonchev–Trinajstić information content (AvgIpc) is 2.73. The molecule has 1 aromatic heterocycles. The minimum atomic E-state index is -1.37. The molecule has 2 aromatic carbocycles. The topological polar surface area (TPSA) is 88.8 Å². The number of carbonyl (C=O) groups is 1. The van der Waals surface area contributed by atoms with E-state index in [1.54, 1.807) is 16.7 Å². The Morgan fingerprint density at radius 2 is 1.79 bits per heavy atom. The van der Waals surface area contributed by atoms with Crippen LogP contribution in [0.25, 0.3) is 10.9 Å². The molecule has 176 valence electrons. The van der Waals surface area contributed by atoms with E-state index in [-0.39, 0.29) is 24.8 Å². The molecule has 0 spiro atoms. The van der Waals surface area contributed by atoms with E-state index in [0.717, 1.165) is 6.07 Å². The highest BCUT2D eigenvalue weighted by molar-refractivity contribution is 5.93. The van der Waals surface area contributed by atoms with Crippen LogP contribution in [0.5, 0.6) is 5.75 Å². The number of benzene rings is 2. The summed E-state index contributed by atoms with van der Waals surface area (Å²) >= 11 is 0.